The van der Waals surface area contributed by atoms with Gasteiger partial charge in [0.25, 0.3) is 0 Å². The Labute approximate surface area is 205 Å². The number of carbonyl (C=O) groups is 3. The summed E-state index contributed by atoms with van der Waals surface area (Å²) in [6.07, 6.45) is 2.88. The number of carboxylic acid groups (broad SMARTS) is 1. The van der Waals surface area contributed by atoms with Crippen molar-refractivity contribution in [1.82, 2.24) is 10.2 Å². The van der Waals surface area contributed by atoms with Crippen LogP contribution >= 0.6 is 0 Å². The zero-order valence-electron chi connectivity index (χ0n) is 20.0. The lowest BCUT2D eigenvalue weighted by Crippen LogP contribution is -2.49. The first kappa shape index (κ1) is 23.4. The van der Waals surface area contributed by atoms with Crippen LogP contribution in [0.1, 0.15) is 56.1 Å². The summed E-state index contributed by atoms with van der Waals surface area (Å²) < 4.78 is 5.65. The van der Waals surface area contributed by atoms with Crippen LogP contribution in [0.15, 0.2) is 48.5 Å². The Balaban J connectivity index is 1.24. The second-order valence-electron chi connectivity index (χ2n) is 10.1. The lowest BCUT2D eigenvalue weighted by atomic mass is 9.81. The van der Waals surface area contributed by atoms with Gasteiger partial charge in [0.05, 0.1) is 5.41 Å². The molecule has 5 rings (SSSR count). The first-order chi connectivity index (χ1) is 16.9. The average molecular weight is 477 g/mol. The van der Waals surface area contributed by atoms with E-state index >= 15 is 0 Å². The van der Waals surface area contributed by atoms with E-state index in [1.165, 1.54) is 0 Å². The van der Waals surface area contributed by atoms with Crippen LogP contribution in [0.2, 0.25) is 0 Å². The smallest absolute Gasteiger partial charge is 0.407 e. The average Bonchev–Trinajstić information content (AvgIpc) is 3.52. The number of benzene rings is 2. The summed E-state index contributed by atoms with van der Waals surface area (Å²) in [5.41, 5.74) is 3.73. The number of aliphatic carboxylic acids is 1. The maximum absolute atomic E-state index is 13.3. The van der Waals surface area contributed by atoms with Gasteiger partial charge in [-0.25, -0.2) is 4.79 Å². The van der Waals surface area contributed by atoms with Gasteiger partial charge < -0.3 is 20.1 Å². The highest BCUT2D eigenvalue weighted by Gasteiger charge is 2.56. The van der Waals surface area contributed by atoms with E-state index in [0.29, 0.717) is 25.8 Å². The third-order valence-electron chi connectivity index (χ3n) is 8.12. The second kappa shape index (κ2) is 9.36. The van der Waals surface area contributed by atoms with Gasteiger partial charge in [-0.1, -0.05) is 68.3 Å². The molecule has 3 atom stereocenters. The number of carboxylic acids is 1. The van der Waals surface area contributed by atoms with Crippen molar-refractivity contribution in [3.63, 3.8) is 0 Å². The maximum atomic E-state index is 13.3. The molecule has 2 N–H and O–H groups in total. The molecule has 1 heterocycles. The van der Waals surface area contributed by atoms with Crippen LogP contribution in [-0.4, -0.2) is 53.7 Å². The Morgan fingerprint density at radius 1 is 1.11 bits per heavy atom. The summed E-state index contributed by atoms with van der Waals surface area (Å²) in [4.78, 5) is 39.8. The topological polar surface area (TPSA) is 95.9 Å². The molecule has 35 heavy (non-hydrogen) atoms. The van der Waals surface area contributed by atoms with Crippen molar-refractivity contribution in [2.24, 2.45) is 11.3 Å². The predicted octanol–water partition coefficient (Wildman–Crippen LogP) is 4.41. The summed E-state index contributed by atoms with van der Waals surface area (Å²) in [6.45, 7) is 2.80. The molecule has 0 radical (unpaired) electrons. The zero-order valence-corrected chi connectivity index (χ0v) is 20.0. The fourth-order valence-corrected chi connectivity index (χ4v) is 6.36. The fraction of sp³-hybridized carbons (Fsp3) is 0.464. The molecule has 0 spiro atoms. The largest absolute Gasteiger partial charge is 0.481 e. The molecule has 7 nitrogen and oxygen atoms in total. The Morgan fingerprint density at radius 2 is 1.77 bits per heavy atom. The number of nitrogens with one attached hydrogen (secondary N) is 1. The number of amides is 2. The number of alkyl carbamates (subject to hydrolysis) is 1. The zero-order chi connectivity index (χ0) is 24.6. The van der Waals surface area contributed by atoms with Crippen LogP contribution in [0.25, 0.3) is 11.1 Å². The van der Waals surface area contributed by atoms with Crippen molar-refractivity contribution in [1.29, 1.82) is 0 Å². The number of likely N-dealkylation sites (tertiary alicyclic amines) is 1. The lowest BCUT2D eigenvalue weighted by Gasteiger charge is -2.26. The SMILES string of the molecule is CCC[C@@H](NC(=O)OCC1c2ccccc2-c2ccccc21)C(=O)N1CC2CCCC2(C(=O)O)C1. The molecule has 184 valence electrons. The first-order valence-corrected chi connectivity index (χ1v) is 12.6. The summed E-state index contributed by atoms with van der Waals surface area (Å²) in [7, 11) is 0. The Bertz CT molecular complexity index is 1100. The van der Waals surface area contributed by atoms with Gasteiger partial charge in [-0.3, -0.25) is 9.59 Å². The van der Waals surface area contributed by atoms with E-state index < -0.39 is 23.5 Å². The van der Waals surface area contributed by atoms with Gasteiger partial charge in [0.2, 0.25) is 5.91 Å². The van der Waals surface area contributed by atoms with Crippen molar-refractivity contribution in [2.75, 3.05) is 19.7 Å². The predicted molar refractivity (Wildman–Crippen MR) is 131 cm³/mol. The van der Waals surface area contributed by atoms with Gasteiger partial charge in [0.1, 0.15) is 12.6 Å². The molecule has 1 aliphatic heterocycles. The van der Waals surface area contributed by atoms with Gasteiger partial charge in [-0.05, 0) is 47.4 Å². The molecule has 7 heteroatoms. The standard InChI is InChI=1S/C28H32N2O5/c1-2-8-24(25(31)30-15-18-9-7-14-28(18,17-30)26(32)33)29-27(34)35-16-23-21-12-5-3-10-19(21)20-11-4-6-13-22(20)23/h3-6,10-13,18,23-24H,2,7-9,14-17H2,1H3,(H,29,34)(H,32,33)/t18?,24-,28?/m1/s1. The maximum Gasteiger partial charge on any atom is 0.407 e. The molecule has 2 unspecified atom stereocenters. The van der Waals surface area contributed by atoms with E-state index in [9.17, 15) is 19.5 Å². The third-order valence-corrected chi connectivity index (χ3v) is 8.12. The Kier molecular flexibility index (Phi) is 6.26. The third kappa shape index (κ3) is 4.07. The van der Waals surface area contributed by atoms with Crippen LogP contribution in [0.3, 0.4) is 0 Å². The number of ether oxygens (including phenoxy) is 1. The summed E-state index contributed by atoms with van der Waals surface area (Å²) >= 11 is 0. The van der Waals surface area contributed by atoms with E-state index in [4.69, 9.17) is 4.74 Å². The minimum atomic E-state index is -0.837. The highest BCUT2D eigenvalue weighted by atomic mass is 16.5. The van der Waals surface area contributed by atoms with E-state index in [1.807, 2.05) is 31.2 Å². The molecular weight excluding hydrogens is 444 g/mol. The monoisotopic (exact) mass is 476 g/mol. The summed E-state index contributed by atoms with van der Waals surface area (Å²) in [5.74, 6) is -1.09. The Morgan fingerprint density at radius 3 is 2.37 bits per heavy atom. The highest BCUT2D eigenvalue weighted by Crippen LogP contribution is 2.49. The van der Waals surface area contributed by atoms with Crippen LogP contribution in [0.4, 0.5) is 4.79 Å². The van der Waals surface area contributed by atoms with E-state index in [-0.39, 0.29) is 30.9 Å². The Hall–Kier alpha value is -3.35. The fourth-order valence-electron chi connectivity index (χ4n) is 6.36. The van der Waals surface area contributed by atoms with E-state index in [0.717, 1.165) is 35.1 Å². The van der Waals surface area contributed by atoms with Crippen molar-refractivity contribution < 1.29 is 24.2 Å². The van der Waals surface area contributed by atoms with E-state index in [2.05, 4.69) is 29.6 Å². The number of hydrogen-bond donors (Lipinski definition) is 2. The van der Waals surface area contributed by atoms with Crippen LogP contribution in [0.5, 0.6) is 0 Å². The van der Waals surface area contributed by atoms with Gasteiger partial charge in [0.15, 0.2) is 0 Å². The van der Waals surface area contributed by atoms with Crippen molar-refractivity contribution in [3.05, 3.63) is 59.7 Å². The first-order valence-electron chi connectivity index (χ1n) is 12.6. The quantitative estimate of drug-likeness (QED) is 0.617. The normalized spacial score (nSPS) is 23.3. The molecule has 0 aromatic heterocycles. The van der Waals surface area contributed by atoms with Crippen LogP contribution < -0.4 is 5.32 Å². The molecular formula is C28H32N2O5. The van der Waals surface area contributed by atoms with Gasteiger partial charge >= 0.3 is 12.1 Å². The van der Waals surface area contributed by atoms with Crippen molar-refractivity contribution in [3.8, 4) is 11.1 Å². The molecule has 2 amide bonds. The second-order valence-corrected chi connectivity index (χ2v) is 10.1. The molecule has 1 saturated heterocycles. The summed E-state index contributed by atoms with van der Waals surface area (Å²) in [5, 5.41) is 12.6. The molecule has 3 aliphatic rings. The number of hydrogen-bond acceptors (Lipinski definition) is 4. The molecule has 0 bridgehead atoms. The van der Waals surface area contributed by atoms with Crippen LogP contribution in [-0.2, 0) is 14.3 Å². The minimum absolute atomic E-state index is 0.0133. The lowest BCUT2D eigenvalue weighted by molar-refractivity contribution is -0.149. The number of fused-ring (bicyclic) bond motifs is 4. The van der Waals surface area contributed by atoms with Gasteiger partial charge in [-0.2, -0.15) is 0 Å². The molecule has 2 aliphatic carbocycles. The number of carbonyl (C=O) groups excluding carboxylic acids is 2. The van der Waals surface area contributed by atoms with Gasteiger partial charge in [0, 0.05) is 19.0 Å². The highest BCUT2D eigenvalue weighted by molar-refractivity contribution is 5.87. The van der Waals surface area contributed by atoms with Gasteiger partial charge in [-0.15, -0.1) is 0 Å². The molecule has 1 saturated carbocycles. The molecule has 2 fully saturated rings. The molecule has 2 aromatic carbocycles. The van der Waals surface area contributed by atoms with Crippen molar-refractivity contribution >= 4 is 18.0 Å². The minimum Gasteiger partial charge on any atom is -0.481 e. The van der Waals surface area contributed by atoms with E-state index in [1.54, 1.807) is 4.90 Å². The van der Waals surface area contributed by atoms with Crippen LogP contribution in [0, 0.1) is 11.3 Å². The number of rotatable bonds is 7. The molecule has 2 aromatic rings. The summed E-state index contributed by atoms with van der Waals surface area (Å²) in [6, 6.07) is 15.6. The number of nitrogens with zero attached hydrogens (tertiary/aromatic N) is 1. The van der Waals surface area contributed by atoms with Crippen molar-refractivity contribution in [2.45, 2.75) is 51.0 Å².